The summed E-state index contributed by atoms with van der Waals surface area (Å²) < 4.78 is 7.60. The third-order valence-corrected chi connectivity index (χ3v) is 6.17. The molecule has 1 unspecified atom stereocenters. The van der Waals surface area contributed by atoms with Crippen LogP contribution in [0.3, 0.4) is 0 Å². The number of fused-ring (bicyclic) bond motifs is 1. The second-order valence-electron chi connectivity index (χ2n) is 8.20. The molecule has 0 N–H and O–H groups in total. The van der Waals surface area contributed by atoms with Crippen LogP contribution in [0.5, 0.6) is 5.75 Å². The fourth-order valence-electron chi connectivity index (χ4n) is 4.72. The molecule has 6 heteroatoms. The van der Waals surface area contributed by atoms with Crippen LogP contribution in [-0.2, 0) is 6.54 Å². The zero-order valence-corrected chi connectivity index (χ0v) is 18.0. The molecule has 5 rings (SSSR count). The van der Waals surface area contributed by atoms with Crippen LogP contribution in [0.1, 0.15) is 35.7 Å². The average Bonchev–Trinajstić information content (AvgIpc) is 3.15. The maximum atomic E-state index is 5.56. The number of aromatic nitrogens is 4. The van der Waals surface area contributed by atoms with Crippen LogP contribution < -0.4 is 4.74 Å². The van der Waals surface area contributed by atoms with Gasteiger partial charge in [-0.05, 0) is 44.0 Å². The summed E-state index contributed by atoms with van der Waals surface area (Å²) in [7, 11) is 1.67. The van der Waals surface area contributed by atoms with Crippen LogP contribution >= 0.6 is 0 Å². The first-order chi connectivity index (χ1) is 15.2. The van der Waals surface area contributed by atoms with Gasteiger partial charge < -0.3 is 4.74 Å². The Bertz CT molecular complexity index is 1190. The molecule has 4 heterocycles. The van der Waals surface area contributed by atoms with Crippen LogP contribution in [0.15, 0.2) is 61.1 Å². The van der Waals surface area contributed by atoms with E-state index >= 15 is 0 Å². The fraction of sp³-hybridized carbons (Fsp3) is 0.320. The van der Waals surface area contributed by atoms with Crippen molar-refractivity contribution in [2.24, 2.45) is 0 Å². The highest BCUT2D eigenvalue weighted by atomic mass is 16.5. The lowest BCUT2D eigenvalue weighted by Crippen LogP contribution is -2.34. The number of rotatable bonds is 5. The Kier molecular flexibility index (Phi) is 5.38. The molecule has 0 spiro atoms. The Morgan fingerprint density at radius 3 is 2.81 bits per heavy atom. The molecule has 1 aliphatic heterocycles. The van der Waals surface area contributed by atoms with Crippen molar-refractivity contribution >= 4 is 5.65 Å². The van der Waals surface area contributed by atoms with Gasteiger partial charge in [0.25, 0.3) is 0 Å². The van der Waals surface area contributed by atoms with Crippen molar-refractivity contribution in [2.75, 3.05) is 20.2 Å². The van der Waals surface area contributed by atoms with Crippen LogP contribution in [0.4, 0.5) is 0 Å². The summed E-state index contributed by atoms with van der Waals surface area (Å²) in [6.45, 7) is 5.19. The number of ether oxygens (including phenoxy) is 1. The second-order valence-corrected chi connectivity index (χ2v) is 8.20. The molecule has 0 saturated carbocycles. The normalized spacial score (nSPS) is 17.2. The van der Waals surface area contributed by atoms with E-state index in [0.29, 0.717) is 5.92 Å². The SMILES string of the molecule is COc1cnccc1-c1c(C)nn2c(C3CCCN(Cc4ccccc4)C3)ccnc12. The van der Waals surface area contributed by atoms with E-state index in [-0.39, 0.29) is 0 Å². The third-order valence-electron chi connectivity index (χ3n) is 6.17. The number of likely N-dealkylation sites (tertiary alicyclic amines) is 1. The predicted molar refractivity (Wildman–Crippen MR) is 121 cm³/mol. The van der Waals surface area contributed by atoms with Crippen LogP contribution in [-0.4, -0.2) is 44.7 Å². The first-order valence-corrected chi connectivity index (χ1v) is 10.8. The Morgan fingerprint density at radius 1 is 1.10 bits per heavy atom. The van der Waals surface area contributed by atoms with Gasteiger partial charge in [-0.25, -0.2) is 9.50 Å². The summed E-state index contributed by atoms with van der Waals surface area (Å²) >= 11 is 0. The number of methoxy groups -OCH3 is 1. The van der Waals surface area contributed by atoms with E-state index in [1.165, 1.54) is 17.7 Å². The molecule has 0 aliphatic carbocycles. The zero-order valence-electron chi connectivity index (χ0n) is 18.0. The summed E-state index contributed by atoms with van der Waals surface area (Å²) in [5, 5.41) is 4.91. The van der Waals surface area contributed by atoms with Crippen molar-refractivity contribution in [3.63, 3.8) is 0 Å². The van der Waals surface area contributed by atoms with E-state index in [2.05, 4.69) is 46.3 Å². The number of nitrogens with zero attached hydrogens (tertiary/aromatic N) is 5. The second kappa shape index (κ2) is 8.47. The van der Waals surface area contributed by atoms with Gasteiger partial charge in [0.1, 0.15) is 5.75 Å². The van der Waals surface area contributed by atoms with E-state index in [0.717, 1.165) is 54.3 Å². The number of hydrogen-bond donors (Lipinski definition) is 0. The molecule has 3 aromatic heterocycles. The van der Waals surface area contributed by atoms with Gasteiger partial charge in [0.2, 0.25) is 0 Å². The minimum absolute atomic E-state index is 0.425. The minimum Gasteiger partial charge on any atom is -0.494 e. The highest BCUT2D eigenvalue weighted by Gasteiger charge is 2.26. The van der Waals surface area contributed by atoms with Crippen LogP contribution in [0, 0.1) is 6.92 Å². The Morgan fingerprint density at radius 2 is 1.97 bits per heavy atom. The molecular formula is C25H27N5O. The molecule has 1 aromatic carbocycles. The molecule has 31 heavy (non-hydrogen) atoms. The van der Waals surface area contributed by atoms with Crippen LogP contribution in [0.25, 0.3) is 16.8 Å². The predicted octanol–water partition coefficient (Wildman–Crippen LogP) is 4.49. The largest absolute Gasteiger partial charge is 0.494 e. The van der Waals surface area contributed by atoms with Crippen LogP contribution in [0.2, 0.25) is 0 Å². The van der Waals surface area contributed by atoms with E-state index in [9.17, 15) is 0 Å². The third kappa shape index (κ3) is 3.79. The number of benzene rings is 1. The van der Waals surface area contributed by atoms with Crippen molar-refractivity contribution in [1.29, 1.82) is 0 Å². The lowest BCUT2D eigenvalue weighted by molar-refractivity contribution is 0.197. The van der Waals surface area contributed by atoms with Crippen molar-refractivity contribution in [3.05, 3.63) is 78.0 Å². The van der Waals surface area contributed by atoms with E-state index in [4.69, 9.17) is 14.8 Å². The number of piperidine rings is 1. The number of pyridine rings is 1. The molecule has 6 nitrogen and oxygen atoms in total. The highest BCUT2D eigenvalue weighted by Crippen LogP contribution is 2.35. The van der Waals surface area contributed by atoms with Gasteiger partial charge in [0.15, 0.2) is 5.65 Å². The van der Waals surface area contributed by atoms with Crippen molar-refractivity contribution in [1.82, 2.24) is 24.5 Å². The molecule has 4 aromatic rings. The first-order valence-electron chi connectivity index (χ1n) is 10.8. The summed E-state index contributed by atoms with van der Waals surface area (Å²) in [4.78, 5) is 11.5. The summed E-state index contributed by atoms with van der Waals surface area (Å²) in [6.07, 6.45) is 7.79. The van der Waals surface area contributed by atoms with Gasteiger partial charge >= 0.3 is 0 Å². The molecule has 1 aliphatic rings. The molecule has 0 amide bonds. The number of hydrogen-bond acceptors (Lipinski definition) is 5. The van der Waals surface area contributed by atoms with Gasteiger partial charge in [0.05, 0.1) is 30.3 Å². The van der Waals surface area contributed by atoms with Crippen molar-refractivity contribution in [3.8, 4) is 16.9 Å². The highest BCUT2D eigenvalue weighted by molar-refractivity contribution is 5.83. The zero-order chi connectivity index (χ0) is 21.2. The number of aryl methyl sites for hydroxylation is 1. The topological polar surface area (TPSA) is 55.6 Å². The lowest BCUT2D eigenvalue weighted by Gasteiger charge is -2.33. The van der Waals surface area contributed by atoms with Crippen molar-refractivity contribution in [2.45, 2.75) is 32.2 Å². The molecule has 0 radical (unpaired) electrons. The Hall–Kier alpha value is -3.25. The van der Waals surface area contributed by atoms with E-state index in [1.807, 2.05) is 23.7 Å². The minimum atomic E-state index is 0.425. The van der Waals surface area contributed by atoms with Gasteiger partial charge in [0, 0.05) is 37.0 Å². The van der Waals surface area contributed by atoms with Gasteiger partial charge in [-0.15, -0.1) is 0 Å². The molecule has 0 bridgehead atoms. The lowest BCUT2D eigenvalue weighted by atomic mass is 9.94. The molecule has 1 saturated heterocycles. The average molecular weight is 414 g/mol. The first kappa shape index (κ1) is 19.7. The van der Waals surface area contributed by atoms with Gasteiger partial charge in [-0.2, -0.15) is 5.10 Å². The van der Waals surface area contributed by atoms with Gasteiger partial charge in [-0.1, -0.05) is 30.3 Å². The summed E-state index contributed by atoms with van der Waals surface area (Å²) in [6, 6.07) is 14.8. The smallest absolute Gasteiger partial charge is 0.163 e. The quantitative estimate of drug-likeness (QED) is 0.483. The molecular weight excluding hydrogens is 386 g/mol. The van der Waals surface area contributed by atoms with E-state index in [1.54, 1.807) is 19.5 Å². The van der Waals surface area contributed by atoms with E-state index < -0.39 is 0 Å². The summed E-state index contributed by atoms with van der Waals surface area (Å²) in [5.41, 5.74) is 6.40. The summed E-state index contributed by atoms with van der Waals surface area (Å²) in [5.74, 6) is 1.16. The maximum Gasteiger partial charge on any atom is 0.163 e. The van der Waals surface area contributed by atoms with Crippen molar-refractivity contribution < 1.29 is 4.74 Å². The fourth-order valence-corrected chi connectivity index (χ4v) is 4.72. The standard InChI is InChI=1S/C25H27N5O/c1-18-24(21-10-12-26-15-23(21)31-2)25-27-13-11-22(30(25)28-18)20-9-6-14-29(17-20)16-19-7-4-3-5-8-19/h3-5,7-8,10-13,15,20H,6,9,14,16-17H2,1-2H3. The molecule has 158 valence electrons. The monoisotopic (exact) mass is 413 g/mol. The Labute approximate surface area is 182 Å². The van der Waals surface area contributed by atoms with Gasteiger partial charge in [-0.3, -0.25) is 9.88 Å². The molecule has 1 atom stereocenters. The maximum absolute atomic E-state index is 5.56. The molecule has 1 fully saturated rings. The Balaban J connectivity index is 1.50.